The number of thiophene rings is 1. The summed E-state index contributed by atoms with van der Waals surface area (Å²) in [5.41, 5.74) is 1.90. The van der Waals surface area contributed by atoms with E-state index in [0.717, 1.165) is 40.6 Å². The van der Waals surface area contributed by atoms with Crippen molar-refractivity contribution >= 4 is 21.6 Å². The molecule has 0 N–H and O–H groups in total. The lowest BCUT2D eigenvalue weighted by atomic mass is 9.89. The van der Waals surface area contributed by atoms with Crippen molar-refractivity contribution in [1.82, 2.24) is 15.0 Å². The Bertz CT molecular complexity index is 929. The summed E-state index contributed by atoms with van der Waals surface area (Å²) in [6.45, 7) is 2.55. The summed E-state index contributed by atoms with van der Waals surface area (Å²) in [7, 11) is 0. The van der Waals surface area contributed by atoms with Gasteiger partial charge in [-0.15, -0.1) is 16.4 Å². The largest absolute Gasteiger partial charge is 0.279 e. The molecule has 6 heteroatoms. The molecule has 4 nitrogen and oxygen atoms in total. The third-order valence-corrected chi connectivity index (χ3v) is 5.57. The smallest absolute Gasteiger partial charge is 0.267 e. The number of fused-ring (bicyclic) bond motifs is 3. The maximum atomic E-state index is 13.0. The molecule has 2 heterocycles. The Morgan fingerprint density at radius 1 is 1.35 bits per heavy atom. The van der Waals surface area contributed by atoms with Crippen molar-refractivity contribution in [3.05, 3.63) is 56.4 Å². The molecule has 1 aromatic carbocycles. The molecule has 1 aliphatic carbocycles. The van der Waals surface area contributed by atoms with E-state index in [1.54, 1.807) is 23.5 Å². The zero-order valence-corrected chi connectivity index (χ0v) is 13.6. The number of hydrogen-bond acceptors (Lipinski definition) is 4. The van der Waals surface area contributed by atoms with Crippen LogP contribution < -0.4 is 5.56 Å². The Hall–Kier alpha value is -2.08. The monoisotopic (exact) mass is 329 g/mol. The predicted octanol–water partition coefficient (Wildman–Crippen LogP) is 3.17. The molecule has 0 amide bonds. The summed E-state index contributed by atoms with van der Waals surface area (Å²) in [6.07, 6.45) is 3.07. The minimum Gasteiger partial charge on any atom is -0.267 e. The van der Waals surface area contributed by atoms with Gasteiger partial charge in [0, 0.05) is 4.88 Å². The van der Waals surface area contributed by atoms with Crippen molar-refractivity contribution in [1.29, 1.82) is 0 Å². The van der Waals surface area contributed by atoms with E-state index in [2.05, 4.69) is 17.2 Å². The first-order chi connectivity index (χ1) is 11.1. The number of rotatable bonds is 2. The van der Waals surface area contributed by atoms with E-state index < -0.39 is 0 Å². The van der Waals surface area contributed by atoms with Crippen LogP contribution in [0.3, 0.4) is 0 Å². The van der Waals surface area contributed by atoms with Gasteiger partial charge in [-0.25, -0.2) is 9.07 Å². The molecule has 2 aromatic heterocycles. The standard InChI is InChI=1S/C17H16FN3OS/c1-10-2-7-13-14(8-10)23-16-15(13)17(22)21(20-19-16)9-11-3-5-12(18)6-4-11/h3-6,10H,2,7-9H2,1H3/t10-/m1/s1. The van der Waals surface area contributed by atoms with Gasteiger partial charge in [0.15, 0.2) is 4.83 Å². The van der Waals surface area contributed by atoms with Crippen molar-refractivity contribution in [2.24, 2.45) is 5.92 Å². The van der Waals surface area contributed by atoms with Crippen LogP contribution in [0.15, 0.2) is 29.1 Å². The van der Waals surface area contributed by atoms with Gasteiger partial charge in [0.25, 0.3) is 5.56 Å². The predicted molar refractivity (Wildman–Crippen MR) is 88.4 cm³/mol. The molecule has 3 aromatic rings. The van der Waals surface area contributed by atoms with Gasteiger partial charge in [0.1, 0.15) is 5.82 Å². The highest BCUT2D eigenvalue weighted by atomic mass is 32.1. The van der Waals surface area contributed by atoms with Crippen molar-refractivity contribution in [2.45, 2.75) is 32.7 Å². The van der Waals surface area contributed by atoms with Crippen molar-refractivity contribution in [2.75, 3.05) is 0 Å². The molecular weight excluding hydrogens is 313 g/mol. The van der Waals surface area contributed by atoms with Gasteiger partial charge in [-0.3, -0.25) is 4.79 Å². The van der Waals surface area contributed by atoms with Crippen LogP contribution in [-0.2, 0) is 19.4 Å². The van der Waals surface area contributed by atoms with E-state index in [1.807, 2.05) is 0 Å². The third kappa shape index (κ3) is 2.57. The van der Waals surface area contributed by atoms with Crippen LogP contribution in [0.25, 0.3) is 10.2 Å². The summed E-state index contributed by atoms with van der Waals surface area (Å²) in [5, 5.41) is 9.03. The van der Waals surface area contributed by atoms with Gasteiger partial charge in [0.2, 0.25) is 0 Å². The summed E-state index contributed by atoms with van der Waals surface area (Å²) in [4.78, 5) is 14.8. The Balaban J connectivity index is 1.78. The fourth-order valence-corrected chi connectivity index (χ4v) is 4.48. The minimum absolute atomic E-state index is 0.0913. The average molecular weight is 329 g/mol. The first-order valence-corrected chi connectivity index (χ1v) is 8.56. The molecule has 1 aliphatic rings. The number of nitrogens with zero attached hydrogens (tertiary/aromatic N) is 3. The molecule has 0 aliphatic heterocycles. The van der Waals surface area contributed by atoms with E-state index in [4.69, 9.17) is 0 Å². The lowest BCUT2D eigenvalue weighted by Gasteiger charge is -2.17. The first-order valence-electron chi connectivity index (χ1n) is 7.74. The molecule has 118 valence electrons. The second-order valence-electron chi connectivity index (χ2n) is 6.21. The molecule has 0 spiro atoms. The molecule has 0 fully saturated rings. The van der Waals surface area contributed by atoms with Gasteiger partial charge in [-0.2, -0.15) is 0 Å². The number of aromatic nitrogens is 3. The lowest BCUT2D eigenvalue weighted by molar-refractivity contribution is 0.508. The SMILES string of the molecule is C[C@@H]1CCc2c(sc3nnn(Cc4ccc(F)cc4)c(=O)c23)C1. The zero-order chi connectivity index (χ0) is 16.0. The summed E-state index contributed by atoms with van der Waals surface area (Å²) < 4.78 is 14.4. The van der Waals surface area contributed by atoms with Crippen LogP contribution in [0.1, 0.15) is 29.3 Å². The van der Waals surface area contributed by atoms with Gasteiger partial charge in [0.05, 0.1) is 11.9 Å². The zero-order valence-electron chi connectivity index (χ0n) is 12.8. The van der Waals surface area contributed by atoms with Gasteiger partial charge in [-0.1, -0.05) is 24.3 Å². The van der Waals surface area contributed by atoms with E-state index >= 15 is 0 Å². The fraction of sp³-hybridized carbons (Fsp3) is 0.353. The van der Waals surface area contributed by atoms with E-state index in [0.29, 0.717) is 12.5 Å². The van der Waals surface area contributed by atoms with E-state index in [9.17, 15) is 9.18 Å². The summed E-state index contributed by atoms with van der Waals surface area (Å²) in [5.74, 6) is 0.369. The van der Waals surface area contributed by atoms with Crippen LogP contribution in [0, 0.1) is 11.7 Å². The number of hydrogen-bond donors (Lipinski definition) is 0. The van der Waals surface area contributed by atoms with Gasteiger partial charge < -0.3 is 0 Å². The quantitative estimate of drug-likeness (QED) is 0.725. The summed E-state index contributed by atoms with van der Waals surface area (Å²) >= 11 is 1.60. The normalized spacial score (nSPS) is 17.4. The second kappa shape index (κ2) is 5.53. The Morgan fingerprint density at radius 3 is 2.91 bits per heavy atom. The molecule has 0 radical (unpaired) electrons. The van der Waals surface area contributed by atoms with Crippen LogP contribution in [-0.4, -0.2) is 15.0 Å². The second-order valence-corrected chi connectivity index (χ2v) is 7.29. The van der Waals surface area contributed by atoms with Crippen molar-refractivity contribution in [3.63, 3.8) is 0 Å². The maximum absolute atomic E-state index is 13.0. The highest BCUT2D eigenvalue weighted by molar-refractivity contribution is 7.18. The van der Waals surface area contributed by atoms with Crippen molar-refractivity contribution in [3.8, 4) is 0 Å². The summed E-state index contributed by atoms with van der Waals surface area (Å²) in [6, 6.07) is 6.11. The Labute approximate surface area is 136 Å². The fourth-order valence-electron chi connectivity index (χ4n) is 3.16. The number of aryl methyl sites for hydroxylation is 1. The molecule has 0 bridgehead atoms. The molecular formula is C17H16FN3OS. The third-order valence-electron chi connectivity index (χ3n) is 4.43. The van der Waals surface area contributed by atoms with E-state index in [1.165, 1.54) is 21.7 Å². The van der Waals surface area contributed by atoms with Crippen LogP contribution in [0.4, 0.5) is 4.39 Å². The molecule has 1 atom stereocenters. The molecule has 4 rings (SSSR count). The Morgan fingerprint density at radius 2 is 2.13 bits per heavy atom. The van der Waals surface area contributed by atoms with E-state index in [-0.39, 0.29) is 11.4 Å². The lowest BCUT2D eigenvalue weighted by Crippen LogP contribution is -2.25. The molecule has 0 saturated carbocycles. The highest BCUT2D eigenvalue weighted by Gasteiger charge is 2.23. The minimum atomic E-state index is -0.288. The van der Waals surface area contributed by atoms with Crippen LogP contribution in [0.2, 0.25) is 0 Å². The van der Waals surface area contributed by atoms with Crippen LogP contribution >= 0.6 is 11.3 Å². The van der Waals surface area contributed by atoms with Gasteiger partial charge >= 0.3 is 0 Å². The maximum Gasteiger partial charge on any atom is 0.279 e. The molecule has 23 heavy (non-hydrogen) atoms. The van der Waals surface area contributed by atoms with Gasteiger partial charge in [-0.05, 0) is 48.4 Å². The molecule has 0 unspecified atom stereocenters. The average Bonchev–Trinajstić information content (AvgIpc) is 2.90. The number of halogens is 1. The first kappa shape index (κ1) is 14.5. The van der Waals surface area contributed by atoms with Crippen molar-refractivity contribution < 1.29 is 4.39 Å². The number of benzene rings is 1. The topological polar surface area (TPSA) is 47.8 Å². The Kier molecular flexibility index (Phi) is 3.49. The van der Waals surface area contributed by atoms with Crippen LogP contribution in [0.5, 0.6) is 0 Å². The highest BCUT2D eigenvalue weighted by Crippen LogP contribution is 2.35. The molecule has 0 saturated heterocycles.